The largest absolute Gasteiger partial charge is 0.476 e. The first kappa shape index (κ1) is 14.9. The molecule has 0 atom stereocenters. The molecule has 18 heavy (non-hydrogen) atoms. The third kappa shape index (κ3) is 4.63. The number of ether oxygens (including phenoxy) is 1. The van der Waals surface area contributed by atoms with E-state index in [1.807, 2.05) is 20.2 Å². The lowest BCUT2D eigenvalue weighted by Gasteiger charge is -2.20. The van der Waals surface area contributed by atoms with Gasteiger partial charge in [0.15, 0.2) is 0 Å². The van der Waals surface area contributed by atoms with Crippen LogP contribution in [-0.4, -0.2) is 37.1 Å². The molecule has 2 N–H and O–H groups in total. The second kappa shape index (κ2) is 6.16. The van der Waals surface area contributed by atoms with Crippen molar-refractivity contribution in [2.75, 3.05) is 27.2 Å². The van der Waals surface area contributed by atoms with Crippen molar-refractivity contribution >= 4 is 0 Å². The summed E-state index contributed by atoms with van der Waals surface area (Å²) in [6.45, 7) is 8.43. The first-order valence-corrected chi connectivity index (χ1v) is 6.32. The summed E-state index contributed by atoms with van der Waals surface area (Å²) in [5.41, 5.74) is 7.80. The summed E-state index contributed by atoms with van der Waals surface area (Å²) in [6, 6.07) is 3.98. The van der Waals surface area contributed by atoms with Crippen molar-refractivity contribution in [1.82, 2.24) is 9.88 Å². The molecular formula is C14H25N3O. The average molecular weight is 251 g/mol. The zero-order valence-electron chi connectivity index (χ0n) is 12.2. The summed E-state index contributed by atoms with van der Waals surface area (Å²) in [6.07, 6.45) is 0. The van der Waals surface area contributed by atoms with E-state index in [1.54, 1.807) is 0 Å². The molecule has 0 amide bonds. The van der Waals surface area contributed by atoms with Gasteiger partial charge in [-0.15, -0.1) is 0 Å². The Morgan fingerprint density at radius 1 is 1.28 bits per heavy atom. The van der Waals surface area contributed by atoms with Gasteiger partial charge < -0.3 is 15.4 Å². The molecule has 0 fully saturated rings. The number of aromatic nitrogens is 1. The zero-order chi connectivity index (χ0) is 13.8. The van der Waals surface area contributed by atoms with Gasteiger partial charge in [-0.1, -0.05) is 20.8 Å². The quantitative estimate of drug-likeness (QED) is 0.866. The molecule has 1 aromatic heterocycles. The Balaban J connectivity index is 2.84. The molecule has 102 valence electrons. The van der Waals surface area contributed by atoms with Crippen molar-refractivity contribution in [1.29, 1.82) is 0 Å². The van der Waals surface area contributed by atoms with Crippen LogP contribution in [0.15, 0.2) is 12.1 Å². The molecule has 0 radical (unpaired) electrons. The predicted molar refractivity (Wildman–Crippen MR) is 74.9 cm³/mol. The monoisotopic (exact) mass is 251 g/mol. The minimum Gasteiger partial charge on any atom is -0.476 e. The van der Waals surface area contributed by atoms with Gasteiger partial charge in [-0.2, -0.15) is 0 Å². The third-order valence-corrected chi connectivity index (χ3v) is 2.65. The summed E-state index contributed by atoms with van der Waals surface area (Å²) in [5.74, 6) is 0.671. The van der Waals surface area contributed by atoms with E-state index in [0.717, 1.165) is 17.8 Å². The van der Waals surface area contributed by atoms with Gasteiger partial charge in [-0.05, 0) is 25.7 Å². The summed E-state index contributed by atoms with van der Waals surface area (Å²) >= 11 is 0. The molecule has 4 nitrogen and oxygen atoms in total. The molecule has 0 unspecified atom stereocenters. The molecule has 0 spiro atoms. The smallest absolute Gasteiger partial charge is 0.213 e. The van der Waals surface area contributed by atoms with Gasteiger partial charge in [0.1, 0.15) is 6.61 Å². The Morgan fingerprint density at radius 2 is 1.94 bits per heavy atom. The van der Waals surface area contributed by atoms with E-state index >= 15 is 0 Å². The summed E-state index contributed by atoms with van der Waals surface area (Å²) in [5, 5.41) is 0. The van der Waals surface area contributed by atoms with Crippen LogP contribution < -0.4 is 10.5 Å². The average Bonchev–Trinajstić information content (AvgIpc) is 2.27. The first-order valence-electron chi connectivity index (χ1n) is 6.32. The minimum absolute atomic E-state index is 0.00480. The molecule has 0 aliphatic carbocycles. The Labute approximate surface area is 110 Å². The number of nitrogens with zero attached hydrogens (tertiary/aromatic N) is 2. The van der Waals surface area contributed by atoms with E-state index in [2.05, 4.69) is 36.7 Å². The maximum absolute atomic E-state index is 5.72. The van der Waals surface area contributed by atoms with Crippen LogP contribution in [-0.2, 0) is 12.0 Å². The van der Waals surface area contributed by atoms with Gasteiger partial charge >= 0.3 is 0 Å². The van der Waals surface area contributed by atoms with E-state index in [9.17, 15) is 0 Å². The molecular weight excluding hydrogens is 226 g/mol. The van der Waals surface area contributed by atoms with Gasteiger partial charge in [0.05, 0.1) is 5.69 Å². The van der Waals surface area contributed by atoms with Crippen molar-refractivity contribution < 1.29 is 4.74 Å². The minimum atomic E-state index is 0.00480. The van der Waals surface area contributed by atoms with Crippen molar-refractivity contribution in [2.24, 2.45) is 5.73 Å². The second-order valence-electron chi connectivity index (χ2n) is 5.80. The molecule has 0 aromatic carbocycles. The topological polar surface area (TPSA) is 51.4 Å². The fourth-order valence-corrected chi connectivity index (χ4v) is 1.47. The molecule has 0 aliphatic rings. The molecule has 1 rings (SSSR count). The second-order valence-corrected chi connectivity index (χ2v) is 5.80. The van der Waals surface area contributed by atoms with Crippen molar-refractivity contribution in [3.8, 4) is 5.88 Å². The van der Waals surface area contributed by atoms with Gasteiger partial charge in [-0.3, -0.25) is 0 Å². The Morgan fingerprint density at radius 3 is 2.44 bits per heavy atom. The molecule has 0 bridgehead atoms. The van der Waals surface area contributed by atoms with Crippen molar-refractivity contribution in [2.45, 2.75) is 32.7 Å². The highest BCUT2D eigenvalue weighted by Crippen LogP contribution is 2.24. The lowest BCUT2D eigenvalue weighted by atomic mass is 9.91. The number of rotatable bonds is 5. The van der Waals surface area contributed by atoms with Crippen LogP contribution in [0.25, 0.3) is 0 Å². The fraction of sp³-hybridized carbons (Fsp3) is 0.643. The maximum atomic E-state index is 5.72. The van der Waals surface area contributed by atoms with Gasteiger partial charge in [0.2, 0.25) is 5.88 Å². The first-order chi connectivity index (χ1) is 8.32. The van der Waals surface area contributed by atoms with E-state index in [-0.39, 0.29) is 5.41 Å². The Hall–Kier alpha value is -1.13. The van der Waals surface area contributed by atoms with Crippen LogP contribution in [0.5, 0.6) is 5.88 Å². The predicted octanol–water partition coefficient (Wildman–Crippen LogP) is 1.78. The summed E-state index contributed by atoms with van der Waals surface area (Å²) in [7, 11) is 4.04. The van der Waals surface area contributed by atoms with Gasteiger partial charge in [0, 0.05) is 24.6 Å². The van der Waals surface area contributed by atoms with Crippen molar-refractivity contribution in [3.05, 3.63) is 23.4 Å². The highest BCUT2D eigenvalue weighted by Gasteiger charge is 2.17. The Kier molecular flexibility index (Phi) is 5.11. The van der Waals surface area contributed by atoms with Crippen LogP contribution in [0.3, 0.4) is 0 Å². The standard InChI is InChI=1S/C14H25N3O/c1-14(2,3)12-8-11(10-15)9-13(16-12)18-7-6-17(4)5/h8-9H,6-7,10,15H2,1-5H3. The van der Waals surface area contributed by atoms with Crippen LogP contribution in [0.1, 0.15) is 32.0 Å². The van der Waals surface area contributed by atoms with Crippen LogP contribution in [0.2, 0.25) is 0 Å². The molecule has 1 heterocycles. The summed E-state index contributed by atoms with van der Waals surface area (Å²) in [4.78, 5) is 6.63. The van der Waals surface area contributed by atoms with E-state index in [0.29, 0.717) is 19.0 Å². The molecule has 0 saturated carbocycles. The number of hydrogen-bond acceptors (Lipinski definition) is 4. The van der Waals surface area contributed by atoms with Gasteiger partial charge in [-0.25, -0.2) is 4.98 Å². The van der Waals surface area contributed by atoms with Crippen LogP contribution in [0.4, 0.5) is 0 Å². The highest BCUT2D eigenvalue weighted by atomic mass is 16.5. The highest BCUT2D eigenvalue weighted by molar-refractivity contribution is 5.28. The zero-order valence-corrected chi connectivity index (χ0v) is 12.2. The van der Waals surface area contributed by atoms with E-state index in [1.165, 1.54) is 0 Å². The number of likely N-dealkylation sites (N-methyl/N-ethyl adjacent to an activating group) is 1. The normalized spacial score (nSPS) is 11.9. The molecule has 4 heteroatoms. The molecule has 0 aliphatic heterocycles. The van der Waals surface area contributed by atoms with E-state index in [4.69, 9.17) is 10.5 Å². The molecule has 0 saturated heterocycles. The SMILES string of the molecule is CN(C)CCOc1cc(CN)cc(C(C)(C)C)n1. The van der Waals surface area contributed by atoms with E-state index < -0.39 is 0 Å². The van der Waals surface area contributed by atoms with Crippen molar-refractivity contribution in [3.63, 3.8) is 0 Å². The summed E-state index contributed by atoms with van der Waals surface area (Å²) < 4.78 is 5.69. The van der Waals surface area contributed by atoms with Crippen LogP contribution >= 0.6 is 0 Å². The lowest BCUT2D eigenvalue weighted by Crippen LogP contribution is -2.20. The fourth-order valence-electron chi connectivity index (χ4n) is 1.47. The number of hydrogen-bond donors (Lipinski definition) is 1. The maximum Gasteiger partial charge on any atom is 0.213 e. The number of pyridine rings is 1. The number of nitrogens with two attached hydrogens (primary N) is 1. The van der Waals surface area contributed by atoms with Crippen LogP contribution in [0, 0.1) is 0 Å². The Bertz CT molecular complexity index is 383. The molecule has 1 aromatic rings. The third-order valence-electron chi connectivity index (χ3n) is 2.65. The lowest BCUT2D eigenvalue weighted by molar-refractivity contribution is 0.252. The van der Waals surface area contributed by atoms with Gasteiger partial charge in [0.25, 0.3) is 0 Å².